The lowest BCUT2D eigenvalue weighted by Crippen LogP contribution is -2.29. The first-order valence-corrected chi connectivity index (χ1v) is 9.45. The first kappa shape index (κ1) is 21.8. The third-order valence-corrected chi connectivity index (χ3v) is 4.76. The average molecular weight is 401 g/mol. The highest BCUT2D eigenvalue weighted by Gasteiger charge is 2.31. The summed E-state index contributed by atoms with van der Waals surface area (Å²) in [4.78, 5) is 23.4. The highest BCUT2D eigenvalue weighted by molar-refractivity contribution is 5.98. The Kier molecular flexibility index (Phi) is 7.95. The van der Waals surface area contributed by atoms with Gasteiger partial charge in [0.15, 0.2) is 0 Å². The maximum absolute atomic E-state index is 12.3. The van der Waals surface area contributed by atoms with Crippen LogP contribution in [-0.2, 0) is 4.79 Å². The lowest BCUT2D eigenvalue weighted by atomic mass is 9.86. The van der Waals surface area contributed by atoms with E-state index in [-0.39, 0.29) is 17.2 Å². The Bertz CT molecular complexity index is 674. The fourth-order valence-corrected chi connectivity index (χ4v) is 3.38. The zero-order chi connectivity index (χ0) is 20.6. The van der Waals surface area contributed by atoms with Gasteiger partial charge < -0.3 is 21.1 Å². The van der Waals surface area contributed by atoms with Gasteiger partial charge in [0, 0.05) is 25.2 Å². The summed E-state index contributed by atoms with van der Waals surface area (Å²) in [5.74, 6) is -0.806. The number of carbonyl (C=O) groups is 2. The van der Waals surface area contributed by atoms with Crippen LogP contribution in [0, 0.1) is 5.92 Å². The topological polar surface area (TPSA) is 93.5 Å². The minimum absolute atomic E-state index is 0.0311. The summed E-state index contributed by atoms with van der Waals surface area (Å²) in [5, 5.41) is 5.69. The SMILES string of the molecule is NC(=O)c1cc(OC(F)(F)F)ccc1NCCNC(=O)CCC1CCCCC1. The second-order valence-electron chi connectivity index (χ2n) is 6.94. The number of carbonyl (C=O) groups excluding carboxylic acids is 2. The molecule has 2 rings (SSSR count). The first-order chi connectivity index (χ1) is 13.2. The minimum Gasteiger partial charge on any atom is -0.406 e. The molecule has 0 heterocycles. The number of nitrogens with two attached hydrogens (primary N) is 1. The number of alkyl halides is 3. The monoisotopic (exact) mass is 401 g/mol. The molecule has 0 atom stereocenters. The van der Waals surface area contributed by atoms with Crippen molar-refractivity contribution in [2.45, 2.75) is 51.3 Å². The standard InChI is InChI=1S/C19H26F3N3O3/c20-19(21,22)28-14-7-8-16(15(12-14)18(23)27)24-10-11-25-17(26)9-6-13-4-2-1-3-5-13/h7-8,12-13,24H,1-6,9-11H2,(H2,23,27)(H,25,26). The van der Waals surface area contributed by atoms with Gasteiger partial charge in [0.1, 0.15) is 5.75 Å². The van der Waals surface area contributed by atoms with Crippen molar-refractivity contribution >= 4 is 17.5 Å². The molecule has 2 amide bonds. The van der Waals surface area contributed by atoms with E-state index < -0.39 is 18.0 Å². The van der Waals surface area contributed by atoms with E-state index in [0.29, 0.717) is 25.4 Å². The van der Waals surface area contributed by atoms with Crippen LogP contribution < -0.4 is 21.1 Å². The molecule has 1 fully saturated rings. The molecule has 1 aromatic carbocycles. The molecular weight excluding hydrogens is 375 g/mol. The summed E-state index contributed by atoms with van der Waals surface area (Å²) < 4.78 is 40.6. The fraction of sp³-hybridized carbons (Fsp3) is 0.579. The number of amides is 2. The summed E-state index contributed by atoms with van der Waals surface area (Å²) >= 11 is 0. The number of primary amides is 1. The van der Waals surface area contributed by atoms with Crippen LogP contribution in [-0.4, -0.2) is 31.3 Å². The van der Waals surface area contributed by atoms with Gasteiger partial charge in [-0.3, -0.25) is 9.59 Å². The number of rotatable bonds is 9. The van der Waals surface area contributed by atoms with Gasteiger partial charge in [0.05, 0.1) is 5.56 Å². The van der Waals surface area contributed by atoms with Crippen molar-refractivity contribution in [1.29, 1.82) is 0 Å². The van der Waals surface area contributed by atoms with E-state index in [0.717, 1.165) is 18.6 Å². The average Bonchev–Trinajstić information content (AvgIpc) is 2.64. The van der Waals surface area contributed by atoms with Crippen LogP contribution in [0.3, 0.4) is 0 Å². The predicted octanol–water partition coefficient (Wildman–Crippen LogP) is 3.57. The summed E-state index contributed by atoms with van der Waals surface area (Å²) in [6.07, 6.45) is 2.68. The fourth-order valence-electron chi connectivity index (χ4n) is 3.38. The molecule has 6 nitrogen and oxygen atoms in total. The zero-order valence-electron chi connectivity index (χ0n) is 15.6. The maximum Gasteiger partial charge on any atom is 0.573 e. The van der Waals surface area contributed by atoms with Crippen LogP contribution in [0.4, 0.5) is 18.9 Å². The minimum atomic E-state index is -4.86. The molecule has 156 valence electrons. The lowest BCUT2D eigenvalue weighted by Gasteiger charge is -2.21. The molecule has 1 aliphatic rings. The van der Waals surface area contributed by atoms with Crippen LogP contribution in [0.1, 0.15) is 55.3 Å². The Morgan fingerprint density at radius 1 is 1.14 bits per heavy atom. The molecule has 4 N–H and O–H groups in total. The number of nitrogens with one attached hydrogen (secondary N) is 2. The Morgan fingerprint density at radius 3 is 2.50 bits per heavy atom. The number of ether oxygens (including phenoxy) is 1. The number of anilines is 1. The molecule has 0 aromatic heterocycles. The predicted molar refractivity (Wildman–Crippen MR) is 99.0 cm³/mol. The van der Waals surface area contributed by atoms with Crippen molar-refractivity contribution in [2.24, 2.45) is 11.7 Å². The van der Waals surface area contributed by atoms with Gasteiger partial charge in [-0.15, -0.1) is 13.2 Å². The summed E-state index contributed by atoms with van der Waals surface area (Å²) in [6.45, 7) is 0.622. The molecule has 0 spiro atoms. The van der Waals surface area contributed by atoms with Gasteiger partial charge >= 0.3 is 6.36 Å². The van der Waals surface area contributed by atoms with Gasteiger partial charge in [-0.25, -0.2) is 0 Å². The van der Waals surface area contributed by atoms with E-state index in [1.165, 1.54) is 38.2 Å². The Balaban J connectivity index is 1.76. The molecular formula is C19H26F3N3O3. The number of hydrogen-bond acceptors (Lipinski definition) is 4. The van der Waals surface area contributed by atoms with Crippen LogP contribution in [0.5, 0.6) is 5.75 Å². The van der Waals surface area contributed by atoms with Crippen LogP contribution >= 0.6 is 0 Å². The van der Waals surface area contributed by atoms with E-state index in [4.69, 9.17) is 5.73 Å². The maximum atomic E-state index is 12.3. The smallest absolute Gasteiger partial charge is 0.406 e. The van der Waals surface area contributed by atoms with Crippen LogP contribution in [0.2, 0.25) is 0 Å². The molecule has 0 aliphatic heterocycles. The largest absolute Gasteiger partial charge is 0.573 e. The van der Waals surface area contributed by atoms with E-state index in [2.05, 4.69) is 15.4 Å². The molecule has 0 saturated heterocycles. The van der Waals surface area contributed by atoms with Crippen molar-refractivity contribution in [3.8, 4) is 5.75 Å². The number of benzene rings is 1. The molecule has 1 aromatic rings. The first-order valence-electron chi connectivity index (χ1n) is 9.45. The molecule has 0 radical (unpaired) electrons. The molecule has 28 heavy (non-hydrogen) atoms. The van der Waals surface area contributed by atoms with Gasteiger partial charge in [0.2, 0.25) is 5.91 Å². The van der Waals surface area contributed by atoms with Gasteiger partial charge in [-0.2, -0.15) is 0 Å². The van der Waals surface area contributed by atoms with Crippen molar-refractivity contribution < 1.29 is 27.5 Å². The summed E-state index contributed by atoms with van der Waals surface area (Å²) in [7, 11) is 0. The molecule has 9 heteroatoms. The molecule has 0 bridgehead atoms. The van der Waals surface area contributed by atoms with Crippen molar-refractivity contribution in [2.75, 3.05) is 18.4 Å². The van der Waals surface area contributed by atoms with Gasteiger partial charge in [0.25, 0.3) is 5.91 Å². The molecule has 1 aliphatic carbocycles. The zero-order valence-corrected chi connectivity index (χ0v) is 15.6. The lowest BCUT2D eigenvalue weighted by molar-refractivity contribution is -0.274. The highest BCUT2D eigenvalue weighted by Crippen LogP contribution is 2.28. The second kappa shape index (κ2) is 10.2. The van der Waals surface area contributed by atoms with E-state index in [1.807, 2.05) is 0 Å². The normalized spacial score (nSPS) is 15.1. The van der Waals surface area contributed by atoms with E-state index >= 15 is 0 Å². The number of hydrogen-bond donors (Lipinski definition) is 3. The Labute approximate surface area is 162 Å². The number of halogens is 3. The van der Waals surface area contributed by atoms with Crippen molar-refractivity contribution in [3.63, 3.8) is 0 Å². The summed E-state index contributed by atoms with van der Waals surface area (Å²) in [6, 6.07) is 3.30. The molecule has 0 unspecified atom stereocenters. The summed E-state index contributed by atoms with van der Waals surface area (Å²) in [5.41, 5.74) is 5.38. The van der Waals surface area contributed by atoms with Crippen molar-refractivity contribution in [1.82, 2.24) is 5.32 Å². The quantitative estimate of drug-likeness (QED) is 0.552. The van der Waals surface area contributed by atoms with Gasteiger partial charge in [-0.05, 0) is 30.5 Å². The van der Waals surface area contributed by atoms with Crippen molar-refractivity contribution in [3.05, 3.63) is 23.8 Å². The van der Waals surface area contributed by atoms with E-state index in [9.17, 15) is 22.8 Å². The van der Waals surface area contributed by atoms with E-state index in [1.54, 1.807) is 0 Å². The van der Waals surface area contributed by atoms with Crippen LogP contribution in [0.15, 0.2) is 18.2 Å². The second-order valence-corrected chi connectivity index (χ2v) is 6.94. The Morgan fingerprint density at radius 2 is 1.86 bits per heavy atom. The van der Waals surface area contributed by atoms with Crippen LogP contribution in [0.25, 0.3) is 0 Å². The third-order valence-electron chi connectivity index (χ3n) is 4.76. The Hall–Kier alpha value is -2.45. The van der Waals surface area contributed by atoms with Gasteiger partial charge in [-0.1, -0.05) is 32.1 Å². The highest BCUT2D eigenvalue weighted by atomic mass is 19.4. The third kappa shape index (κ3) is 7.66. The molecule has 1 saturated carbocycles.